The van der Waals surface area contributed by atoms with Gasteiger partial charge in [-0.25, -0.2) is 14.5 Å². The number of barbiturate groups is 1. The topological polar surface area (TPSA) is 165 Å². The van der Waals surface area contributed by atoms with Crippen molar-refractivity contribution in [2.45, 2.75) is 6.42 Å². The molecule has 0 aromatic heterocycles. The van der Waals surface area contributed by atoms with Crippen molar-refractivity contribution in [3.8, 4) is 11.5 Å². The number of carbonyl (C=O) groups is 4. The third kappa shape index (κ3) is 5.33. The Morgan fingerprint density at radius 2 is 1.91 bits per heavy atom. The van der Waals surface area contributed by atoms with Crippen molar-refractivity contribution in [3.63, 3.8) is 0 Å². The maximum Gasteiger partial charge on any atom is 0.341 e. The summed E-state index contributed by atoms with van der Waals surface area (Å²) in [4.78, 5) is 59.8. The molecule has 2 aromatic rings. The summed E-state index contributed by atoms with van der Waals surface area (Å²) in [5.74, 6) is -2.75. The Labute approximate surface area is 198 Å². The molecule has 1 aliphatic heterocycles. The lowest BCUT2D eigenvalue weighted by Crippen LogP contribution is -2.54. The van der Waals surface area contributed by atoms with Crippen molar-refractivity contribution < 1.29 is 38.7 Å². The van der Waals surface area contributed by atoms with Crippen LogP contribution in [-0.4, -0.2) is 47.6 Å². The molecule has 2 aromatic carbocycles. The van der Waals surface area contributed by atoms with E-state index >= 15 is 0 Å². The highest BCUT2D eigenvalue weighted by atomic mass is 16.6. The number of allylic oxidation sites excluding steroid dienone is 1. The van der Waals surface area contributed by atoms with Gasteiger partial charge in [-0.3, -0.25) is 25.0 Å². The summed E-state index contributed by atoms with van der Waals surface area (Å²) in [6, 6.07) is 6.65. The molecular weight excluding hydrogens is 462 g/mol. The van der Waals surface area contributed by atoms with Crippen molar-refractivity contribution in [1.82, 2.24) is 5.32 Å². The van der Waals surface area contributed by atoms with E-state index in [0.717, 1.165) is 12.1 Å². The van der Waals surface area contributed by atoms with Crippen molar-refractivity contribution in [1.29, 1.82) is 0 Å². The van der Waals surface area contributed by atoms with E-state index in [0.29, 0.717) is 16.0 Å². The number of non-ortho nitro benzene ring substituents is 1. The van der Waals surface area contributed by atoms with Crippen molar-refractivity contribution in [2.75, 3.05) is 18.6 Å². The van der Waals surface area contributed by atoms with Crippen LogP contribution in [0.5, 0.6) is 11.5 Å². The number of carbonyl (C=O) groups excluding carboxylic acids is 3. The molecule has 0 atom stereocenters. The first kappa shape index (κ1) is 24.6. The minimum absolute atomic E-state index is 0.0267. The number of benzene rings is 2. The number of nitro groups is 1. The van der Waals surface area contributed by atoms with Crippen molar-refractivity contribution >= 4 is 41.3 Å². The van der Waals surface area contributed by atoms with Crippen LogP contribution in [0.4, 0.5) is 16.2 Å². The lowest BCUT2D eigenvalue weighted by atomic mass is 10.0. The molecule has 1 aliphatic rings. The zero-order chi connectivity index (χ0) is 25.7. The minimum atomic E-state index is -1.19. The normalized spacial score (nSPS) is 14.5. The number of anilines is 1. The predicted molar refractivity (Wildman–Crippen MR) is 122 cm³/mol. The monoisotopic (exact) mass is 481 g/mol. The third-order valence-corrected chi connectivity index (χ3v) is 4.81. The summed E-state index contributed by atoms with van der Waals surface area (Å²) in [6.45, 7) is 3.04. The number of nitro benzene ring substituents is 1. The number of urea groups is 1. The van der Waals surface area contributed by atoms with Gasteiger partial charge in [0.2, 0.25) is 0 Å². The molecule has 0 spiro atoms. The van der Waals surface area contributed by atoms with Gasteiger partial charge < -0.3 is 14.6 Å². The molecule has 12 heteroatoms. The van der Waals surface area contributed by atoms with E-state index in [1.165, 1.54) is 31.4 Å². The highest BCUT2D eigenvalue weighted by molar-refractivity contribution is 6.39. The average Bonchev–Trinajstić information content (AvgIpc) is 2.81. The number of ether oxygens (including phenoxy) is 2. The van der Waals surface area contributed by atoms with Gasteiger partial charge in [0.15, 0.2) is 18.1 Å². The number of carboxylic acids is 1. The Bertz CT molecular complexity index is 1270. The fraction of sp³-hybridized carbons (Fsp3) is 0.130. The lowest BCUT2D eigenvalue weighted by molar-refractivity contribution is -0.384. The molecule has 1 saturated heterocycles. The van der Waals surface area contributed by atoms with Crippen LogP contribution in [0.25, 0.3) is 6.08 Å². The molecular formula is C23H19N3O9. The molecule has 1 fully saturated rings. The van der Waals surface area contributed by atoms with Crippen LogP contribution in [0.2, 0.25) is 0 Å². The molecule has 0 saturated carbocycles. The second-order valence-corrected chi connectivity index (χ2v) is 7.12. The number of methoxy groups -OCH3 is 1. The summed E-state index contributed by atoms with van der Waals surface area (Å²) in [7, 11) is 1.34. The van der Waals surface area contributed by atoms with Crippen LogP contribution in [0.3, 0.4) is 0 Å². The Kier molecular flexibility index (Phi) is 7.25. The number of nitrogens with one attached hydrogen (secondary N) is 1. The standard InChI is InChI=1S/C23H19N3O9/c1-3-4-14-9-13(11-18(34-2)20(14)35-12-19(27)28)10-17-21(29)24-23(31)25(22(17)30)15-5-7-16(8-6-15)26(32)33/h3,5-11H,1,4,12H2,2H3,(H,27,28)(H,24,29,31)/b17-10+. The zero-order valence-corrected chi connectivity index (χ0v) is 18.3. The van der Waals surface area contributed by atoms with Gasteiger partial charge in [-0.1, -0.05) is 6.08 Å². The van der Waals surface area contributed by atoms with Gasteiger partial charge >= 0.3 is 12.0 Å². The molecule has 0 radical (unpaired) electrons. The van der Waals surface area contributed by atoms with Gasteiger partial charge in [0.1, 0.15) is 5.57 Å². The predicted octanol–water partition coefficient (Wildman–Crippen LogP) is 2.46. The minimum Gasteiger partial charge on any atom is -0.493 e. The number of imide groups is 2. The average molecular weight is 481 g/mol. The molecule has 4 amide bonds. The van der Waals surface area contributed by atoms with E-state index in [4.69, 9.17) is 14.6 Å². The Hall–Kier alpha value is -5.00. The van der Waals surface area contributed by atoms with Crippen LogP contribution in [0.15, 0.2) is 54.6 Å². The van der Waals surface area contributed by atoms with E-state index in [9.17, 15) is 29.3 Å². The Morgan fingerprint density at radius 1 is 1.23 bits per heavy atom. The van der Waals surface area contributed by atoms with E-state index in [1.807, 2.05) is 0 Å². The largest absolute Gasteiger partial charge is 0.493 e. The van der Waals surface area contributed by atoms with Crippen LogP contribution < -0.4 is 19.7 Å². The Balaban J connectivity index is 2.03. The number of carboxylic acid groups (broad SMARTS) is 1. The van der Waals surface area contributed by atoms with Gasteiger partial charge in [-0.2, -0.15) is 0 Å². The van der Waals surface area contributed by atoms with Crippen LogP contribution in [0.1, 0.15) is 11.1 Å². The fourth-order valence-electron chi connectivity index (χ4n) is 3.31. The maximum absolute atomic E-state index is 13.1. The number of rotatable bonds is 9. The first-order valence-electron chi connectivity index (χ1n) is 9.98. The summed E-state index contributed by atoms with van der Waals surface area (Å²) < 4.78 is 10.6. The number of aliphatic carboxylic acids is 1. The molecule has 35 heavy (non-hydrogen) atoms. The highest BCUT2D eigenvalue weighted by Crippen LogP contribution is 2.35. The van der Waals surface area contributed by atoms with E-state index in [-0.39, 0.29) is 34.9 Å². The van der Waals surface area contributed by atoms with Crippen LogP contribution in [-0.2, 0) is 20.8 Å². The second kappa shape index (κ2) is 10.3. The van der Waals surface area contributed by atoms with Gasteiger partial charge in [-0.05, 0) is 42.3 Å². The summed E-state index contributed by atoms with van der Waals surface area (Å²) in [5, 5.41) is 21.9. The Morgan fingerprint density at radius 3 is 2.49 bits per heavy atom. The quantitative estimate of drug-likeness (QED) is 0.180. The van der Waals surface area contributed by atoms with Crippen LogP contribution >= 0.6 is 0 Å². The van der Waals surface area contributed by atoms with Crippen molar-refractivity contribution in [2.24, 2.45) is 0 Å². The molecule has 0 bridgehead atoms. The lowest BCUT2D eigenvalue weighted by Gasteiger charge is -2.26. The summed E-state index contributed by atoms with van der Waals surface area (Å²) in [6.07, 6.45) is 3.04. The number of hydrogen-bond acceptors (Lipinski definition) is 8. The summed E-state index contributed by atoms with van der Waals surface area (Å²) in [5.41, 5.74) is 0.224. The second-order valence-electron chi connectivity index (χ2n) is 7.12. The number of hydrogen-bond donors (Lipinski definition) is 2. The fourth-order valence-corrected chi connectivity index (χ4v) is 3.31. The van der Waals surface area contributed by atoms with Gasteiger partial charge in [0.05, 0.1) is 17.7 Å². The van der Waals surface area contributed by atoms with Gasteiger partial charge in [-0.15, -0.1) is 6.58 Å². The first-order chi connectivity index (χ1) is 16.7. The van der Waals surface area contributed by atoms with E-state index in [1.54, 1.807) is 12.1 Å². The SMILES string of the molecule is C=CCc1cc(/C=C2\C(=O)NC(=O)N(c3ccc([N+](=O)[O-])cc3)C2=O)cc(OC)c1OCC(=O)O. The van der Waals surface area contributed by atoms with Gasteiger partial charge in [0.25, 0.3) is 17.5 Å². The van der Waals surface area contributed by atoms with Crippen LogP contribution in [0, 0.1) is 10.1 Å². The molecule has 1 heterocycles. The number of nitrogens with zero attached hydrogens (tertiary/aromatic N) is 2. The number of amides is 4. The highest BCUT2D eigenvalue weighted by Gasteiger charge is 2.37. The van der Waals surface area contributed by atoms with E-state index in [2.05, 4.69) is 11.9 Å². The molecule has 0 unspecified atom stereocenters. The molecule has 12 nitrogen and oxygen atoms in total. The van der Waals surface area contributed by atoms with Crippen molar-refractivity contribution in [3.05, 3.63) is 75.9 Å². The summed E-state index contributed by atoms with van der Waals surface area (Å²) >= 11 is 0. The zero-order valence-electron chi connectivity index (χ0n) is 18.3. The maximum atomic E-state index is 13.1. The molecule has 180 valence electrons. The smallest absolute Gasteiger partial charge is 0.341 e. The molecule has 2 N–H and O–H groups in total. The third-order valence-electron chi connectivity index (χ3n) is 4.81. The van der Waals surface area contributed by atoms with Gasteiger partial charge in [0, 0.05) is 17.7 Å². The first-order valence-corrected chi connectivity index (χ1v) is 9.98. The molecule has 3 rings (SSSR count). The van der Waals surface area contributed by atoms with E-state index < -0.39 is 35.3 Å². The molecule has 0 aliphatic carbocycles.